The second-order valence-corrected chi connectivity index (χ2v) is 4.91. The summed E-state index contributed by atoms with van der Waals surface area (Å²) in [4.78, 5) is 34.7. The van der Waals surface area contributed by atoms with Crippen LogP contribution in [0.5, 0.6) is 0 Å². The van der Waals surface area contributed by atoms with Gasteiger partial charge in [0.15, 0.2) is 0 Å². The molecule has 1 fully saturated rings. The first-order valence-electron chi connectivity index (χ1n) is 6.43. The summed E-state index contributed by atoms with van der Waals surface area (Å²) < 4.78 is 0. The number of carboxylic acid groups (broad SMARTS) is 1. The molecule has 1 unspecified atom stereocenters. The van der Waals surface area contributed by atoms with Crippen molar-refractivity contribution < 1.29 is 19.6 Å². The normalized spacial score (nSPS) is 17.6. The first-order valence-corrected chi connectivity index (χ1v) is 6.43. The molecular formula is C13H15N3O5. The number of hydrogen-bond donors (Lipinski definition) is 2. The summed E-state index contributed by atoms with van der Waals surface area (Å²) >= 11 is 0. The molecule has 1 atom stereocenters. The Balaban J connectivity index is 2.09. The van der Waals surface area contributed by atoms with Crippen molar-refractivity contribution in [2.24, 2.45) is 5.92 Å². The molecule has 1 aliphatic heterocycles. The Kier molecular flexibility index (Phi) is 4.06. The zero-order chi connectivity index (χ0) is 15.6. The maximum Gasteiger partial charge on any atom is 0.321 e. The fourth-order valence-electron chi connectivity index (χ4n) is 2.30. The number of hydrogen-bond acceptors (Lipinski definition) is 4. The van der Waals surface area contributed by atoms with Crippen molar-refractivity contribution in [2.45, 2.75) is 13.3 Å². The van der Waals surface area contributed by atoms with Gasteiger partial charge in [-0.25, -0.2) is 4.79 Å². The first-order chi connectivity index (χ1) is 9.90. The van der Waals surface area contributed by atoms with E-state index in [9.17, 15) is 19.7 Å². The Morgan fingerprint density at radius 3 is 2.76 bits per heavy atom. The van der Waals surface area contributed by atoms with Crippen LogP contribution < -0.4 is 5.32 Å². The summed E-state index contributed by atoms with van der Waals surface area (Å²) in [5.74, 6) is -1.47. The van der Waals surface area contributed by atoms with Crippen LogP contribution in [0.4, 0.5) is 16.2 Å². The van der Waals surface area contributed by atoms with Crippen LogP contribution in [0.15, 0.2) is 18.2 Å². The predicted molar refractivity (Wildman–Crippen MR) is 74.2 cm³/mol. The maximum atomic E-state index is 12.1. The highest BCUT2D eigenvalue weighted by atomic mass is 16.6. The molecule has 1 aromatic carbocycles. The van der Waals surface area contributed by atoms with E-state index in [4.69, 9.17) is 5.11 Å². The van der Waals surface area contributed by atoms with Gasteiger partial charge in [0.1, 0.15) is 0 Å². The number of carbonyl (C=O) groups excluding carboxylic acids is 1. The van der Waals surface area contributed by atoms with Crippen molar-refractivity contribution in [1.29, 1.82) is 0 Å². The van der Waals surface area contributed by atoms with Crippen LogP contribution in [-0.2, 0) is 4.79 Å². The zero-order valence-electron chi connectivity index (χ0n) is 11.4. The largest absolute Gasteiger partial charge is 0.481 e. The van der Waals surface area contributed by atoms with Crippen LogP contribution in [0.1, 0.15) is 12.0 Å². The number of benzene rings is 1. The number of amides is 2. The standard InChI is InChI=1S/C13H15N3O5/c1-8-10(3-2-4-11(8)16(20)21)14-13(19)15-6-5-9(7-15)12(17)18/h2-4,9H,5-7H2,1H3,(H,14,19)(H,17,18). The summed E-state index contributed by atoms with van der Waals surface area (Å²) in [6.07, 6.45) is 0.413. The van der Waals surface area contributed by atoms with Gasteiger partial charge in [-0.2, -0.15) is 0 Å². The Hall–Kier alpha value is -2.64. The van der Waals surface area contributed by atoms with Crippen LogP contribution >= 0.6 is 0 Å². The molecule has 0 bridgehead atoms. The predicted octanol–water partition coefficient (Wildman–Crippen LogP) is 1.84. The van der Waals surface area contributed by atoms with Gasteiger partial charge in [-0.15, -0.1) is 0 Å². The van der Waals surface area contributed by atoms with Crippen molar-refractivity contribution in [3.8, 4) is 0 Å². The van der Waals surface area contributed by atoms with Crippen molar-refractivity contribution in [1.82, 2.24) is 4.90 Å². The van der Waals surface area contributed by atoms with Crippen LogP contribution in [0.2, 0.25) is 0 Å². The second kappa shape index (κ2) is 5.78. The van der Waals surface area contributed by atoms with Gasteiger partial charge in [0.05, 0.1) is 22.1 Å². The van der Waals surface area contributed by atoms with Crippen molar-refractivity contribution >= 4 is 23.4 Å². The van der Waals surface area contributed by atoms with E-state index in [2.05, 4.69) is 5.32 Å². The molecule has 112 valence electrons. The molecule has 8 nitrogen and oxygen atoms in total. The lowest BCUT2D eigenvalue weighted by Gasteiger charge is -2.17. The van der Waals surface area contributed by atoms with Gasteiger partial charge >= 0.3 is 12.0 Å². The number of urea groups is 1. The Bertz CT molecular complexity index is 601. The molecule has 21 heavy (non-hydrogen) atoms. The number of nitrogens with one attached hydrogen (secondary N) is 1. The van der Waals surface area contributed by atoms with Crippen LogP contribution in [0.3, 0.4) is 0 Å². The molecule has 0 aliphatic carbocycles. The van der Waals surface area contributed by atoms with Crippen LogP contribution in [0, 0.1) is 23.0 Å². The number of nitro groups is 1. The monoisotopic (exact) mass is 293 g/mol. The lowest BCUT2D eigenvalue weighted by atomic mass is 10.1. The fourth-order valence-corrected chi connectivity index (χ4v) is 2.30. The summed E-state index contributed by atoms with van der Waals surface area (Å²) in [7, 11) is 0. The zero-order valence-corrected chi connectivity index (χ0v) is 11.4. The molecule has 1 saturated heterocycles. The number of aliphatic carboxylic acids is 1. The first kappa shape index (κ1) is 14.8. The Morgan fingerprint density at radius 1 is 1.48 bits per heavy atom. The molecule has 2 N–H and O–H groups in total. The summed E-state index contributed by atoms with van der Waals surface area (Å²) in [6, 6.07) is 3.99. The lowest BCUT2D eigenvalue weighted by molar-refractivity contribution is -0.385. The van der Waals surface area contributed by atoms with Crippen molar-refractivity contribution in [3.05, 3.63) is 33.9 Å². The van der Waals surface area contributed by atoms with Gasteiger partial charge in [-0.3, -0.25) is 14.9 Å². The average molecular weight is 293 g/mol. The molecule has 8 heteroatoms. The molecule has 2 amide bonds. The molecule has 2 rings (SSSR count). The van der Waals surface area contributed by atoms with E-state index >= 15 is 0 Å². The number of anilines is 1. The fraction of sp³-hybridized carbons (Fsp3) is 0.385. The highest BCUT2D eigenvalue weighted by Gasteiger charge is 2.31. The van der Waals surface area contributed by atoms with Gasteiger partial charge in [-0.05, 0) is 19.4 Å². The molecule has 1 heterocycles. The maximum absolute atomic E-state index is 12.1. The number of nitro benzene ring substituents is 1. The number of carboxylic acids is 1. The molecule has 0 spiro atoms. The Labute approximate surface area is 120 Å². The van der Waals surface area contributed by atoms with E-state index in [1.807, 2.05) is 0 Å². The van der Waals surface area contributed by atoms with Gasteiger partial charge in [0.2, 0.25) is 0 Å². The summed E-state index contributed by atoms with van der Waals surface area (Å²) in [6.45, 7) is 2.06. The van der Waals surface area contributed by atoms with Gasteiger partial charge in [0.25, 0.3) is 5.69 Å². The van der Waals surface area contributed by atoms with Crippen molar-refractivity contribution in [2.75, 3.05) is 18.4 Å². The van der Waals surface area contributed by atoms with Crippen LogP contribution in [0.25, 0.3) is 0 Å². The molecule has 0 radical (unpaired) electrons. The lowest BCUT2D eigenvalue weighted by Crippen LogP contribution is -2.34. The number of nitrogens with zero attached hydrogens (tertiary/aromatic N) is 2. The van der Waals surface area contributed by atoms with E-state index < -0.39 is 22.8 Å². The van der Waals surface area contributed by atoms with Crippen molar-refractivity contribution in [3.63, 3.8) is 0 Å². The summed E-state index contributed by atoms with van der Waals surface area (Å²) in [5, 5.41) is 22.4. The van der Waals surface area contributed by atoms with Gasteiger partial charge < -0.3 is 15.3 Å². The molecule has 0 aromatic heterocycles. The smallest absolute Gasteiger partial charge is 0.321 e. The highest BCUT2D eigenvalue weighted by molar-refractivity contribution is 5.91. The third-order valence-electron chi connectivity index (χ3n) is 3.57. The number of likely N-dealkylation sites (tertiary alicyclic amines) is 1. The highest BCUT2D eigenvalue weighted by Crippen LogP contribution is 2.26. The third kappa shape index (κ3) is 3.10. The van der Waals surface area contributed by atoms with Gasteiger partial charge in [-0.1, -0.05) is 6.07 Å². The summed E-state index contributed by atoms with van der Waals surface area (Å²) in [5.41, 5.74) is 0.649. The second-order valence-electron chi connectivity index (χ2n) is 4.91. The molecule has 0 saturated carbocycles. The number of carbonyl (C=O) groups is 2. The van der Waals surface area contributed by atoms with E-state index in [0.717, 1.165) is 0 Å². The quantitative estimate of drug-likeness (QED) is 0.652. The molecule has 1 aliphatic rings. The van der Waals surface area contributed by atoms with E-state index in [-0.39, 0.29) is 12.2 Å². The molecule has 1 aromatic rings. The molecular weight excluding hydrogens is 278 g/mol. The minimum Gasteiger partial charge on any atom is -0.481 e. The van der Waals surface area contributed by atoms with Crippen LogP contribution in [-0.4, -0.2) is 40.0 Å². The topological polar surface area (TPSA) is 113 Å². The van der Waals surface area contributed by atoms with E-state index in [1.54, 1.807) is 13.0 Å². The number of rotatable bonds is 3. The van der Waals surface area contributed by atoms with E-state index in [1.165, 1.54) is 17.0 Å². The minimum absolute atomic E-state index is 0.0716. The van der Waals surface area contributed by atoms with E-state index in [0.29, 0.717) is 24.2 Å². The minimum atomic E-state index is -0.920. The van der Waals surface area contributed by atoms with Gasteiger partial charge in [0, 0.05) is 19.2 Å². The SMILES string of the molecule is Cc1c(NC(=O)N2CCC(C(=O)O)C2)cccc1[N+](=O)[O-]. The third-order valence-corrected chi connectivity index (χ3v) is 3.57. The Morgan fingerprint density at radius 2 is 2.19 bits per heavy atom. The average Bonchev–Trinajstić information content (AvgIpc) is 2.90.